The lowest BCUT2D eigenvalue weighted by atomic mass is 9.91. The number of allylic oxidation sites excluding steroid dienone is 5. The minimum absolute atomic E-state index is 0.384. The van der Waals surface area contributed by atoms with Gasteiger partial charge in [0.1, 0.15) is 0 Å². The zero-order valence-electron chi connectivity index (χ0n) is 17.5. The van der Waals surface area contributed by atoms with Gasteiger partial charge in [0.2, 0.25) is 5.96 Å². The van der Waals surface area contributed by atoms with Gasteiger partial charge in [-0.2, -0.15) is 0 Å². The zero-order valence-corrected chi connectivity index (χ0v) is 19.1. The highest BCUT2D eigenvalue weighted by Gasteiger charge is 2.36. The summed E-state index contributed by atoms with van der Waals surface area (Å²) in [6.45, 7) is 8.47. The van der Waals surface area contributed by atoms with Crippen molar-refractivity contribution in [1.82, 2.24) is 14.1 Å². The van der Waals surface area contributed by atoms with Gasteiger partial charge in [0.25, 0.3) is 10.0 Å². The molecule has 1 saturated heterocycles. The number of nitrogens with zero attached hydrogens (tertiary/aromatic N) is 4. The molecule has 8 heteroatoms. The van der Waals surface area contributed by atoms with Crippen LogP contribution >= 0.6 is 11.8 Å². The number of sulfonamides is 1. The van der Waals surface area contributed by atoms with Gasteiger partial charge in [0.05, 0.1) is 18.0 Å². The maximum Gasteiger partial charge on any atom is 0.262 e. The van der Waals surface area contributed by atoms with Crippen LogP contribution in [0.3, 0.4) is 0 Å². The predicted molar refractivity (Wildman–Crippen MR) is 121 cm³/mol. The lowest BCUT2D eigenvalue weighted by Gasteiger charge is -2.44. The number of piperazine rings is 1. The molecule has 1 aliphatic carbocycles. The van der Waals surface area contributed by atoms with Crippen LogP contribution in [-0.2, 0) is 10.0 Å². The predicted octanol–water partition coefficient (Wildman–Crippen LogP) is 2.88. The topological polar surface area (TPSA) is 56.2 Å². The molecule has 0 radical (unpaired) electrons. The number of hydrogen-bond donors (Lipinski definition) is 0. The van der Waals surface area contributed by atoms with Crippen LogP contribution in [0.4, 0.5) is 0 Å². The summed E-state index contributed by atoms with van der Waals surface area (Å²) in [5, 5.41) is 2.12. The first-order chi connectivity index (χ1) is 14.0. The van der Waals surface area contributed by atoms with E-state index < -0.39 is 10.0 Å². The molecule has 4 rings (SSSR count). The largest absolute Gasteiger partial charge is 0.339 e. The quantitative estimate of drug-likeness (QED) is 0.621. The summed E-state index contributed by atoms with van der Waals surface area (Å²) in [7, 11) is -3.54. The summed E-state index contributed by atoms with van der Waals surface area (Å²) in [5.41, 5.74) is 1.20. The zero-order chi connectivity index (χ0) is 20.4. The molecule has 6 nitrogen and oxygen atoms in total. The Hall–Kier alpha value is -1.25. The van der Waals surface area contributed by atoms with Crippen molar-refractivity contribution in [1.29, 1.82) is 0 Å². The van der Waals surface area contributed by atoms with Crippen molar-refractivity contribution < 1.29 is 8.42 Å². The second kappa shape index (κ2) is 8.86. The van der Waals surface area contributed by atoms with Crippen LogP contribution in [0.1, 0.15) is 33.1 Å². The molecule has 0 spiro atoms. The van der Waals surface area contributed by atoms with Crippen molar-refractivity contribution in [2.24, 2.45) is 10.9 Å². The lowest BCUT2D eigenvalue weighted by molar-refractivity contribution is 0.0833. The van der Waals surface area contributed by atoms with E-state index in [1.807, 2.05) is 6.08 Å². The Morgan fingerprint density at radius 1 is 1.14 bits per heavy atom. The summed E-state index contributed by atoms with van der Waals surface area (Å²) in [6, 6.07) is 0.746. The highest BCUT2D eigenvalue weighted by molar-refractivity contribution is 8.02. The average molecular weight is 437 g/mol. The van der Waals surface area contributed by atoms with E-state index in [1.54, 1.807) is 24.8 Å². The van der Waals surface area contributed by atoms with Crippen LogP contribution < -0.4 is 0 Å². The van der Waals surface area contributed by atoms with Gasteiger partial charge in [0, 0.05) is 43.9 Å². The third-order valence-corrected chi connectivity index (χ3v) is 9.29. The average Bonchev–Trinajstić information content (AvgIpc) is 3.37. The SMILES string of the molecule is C/C(=C\C=C(/C)S(=O)(=O)N1CCN=C1N1CCN(C2CCC2)CC1)C1C=CSC1. The second-order valence-electron chi connectivity index (χ2n) is 8.32. The highest BCUT2D eigenvalue weighted by Crippen LogP contribution is 2.28. The van der Waals surface area contributed by atoms with Crippen LogP contribution in [0.15, 0.2) is 39.1 Å². The fourth-order valence-corrected chi connectivity index (χ4v) is 6.52. The van der Waals surface area contributed by atoms with E-state index in [0.717, 1.165) is 38.0 Å². The second-order valence-corrected chi connectivity index (χ2v) is 11.3. The number of thioether (sulfide) groups is 1. The summed E-state index contributed by atoms with van der Waals surface area (Å²) in [6.07, 6.45) is 9.87. The molecule has 0 aromatic rings. The van der Waals surface area contributed by atoms with Gasteiger partial charge in [-0.1, -0.05) is 24.1 Å². The van der Waals surface area contributed by atoms with Crippen molar-refractivity contribution in [2.75, 3.05) is 45.0 Å². The van der Waals surface area contributed by atoms with Crippen LogP contribution in [0.5, 0.6) is 0 Å². The van der Waals surface area contributed by atoms with Crippen LogP contribution in [0, 0.1) is 5.92 Å². The van der Waals surface area contributed by atoms with Gasteiger partial charge in [0.15, 0.2) is 0 Å². The highest BCUT2D eigenvalue weighted by atomic mass is 32.2. The van der Waals surface area contributed by atoms with E-state index in [-0.39, 0.29) is 0 Å². The van der Waals surface area contributed by atoms with Gasteiger partial charge < -0.3 is 4.90 Å². The summed E-state index contributed by atoms with van der Waals surface area (Å²) >= 11 is 1.80. The normalized spacial score (nSPS) is 27.5. The summed E-state index contributed by atoms with van der Waals surface area (Å²) in [4.78, 5) is 9.67. The van der Waals surface area contributed by atoms with Crippen molar-refractivity contribution in [3.05, 3.63) is 34.1 Å². The maximum absolute atomic E-state index is 13.2. The molecule has 1 saturated carbocycles. The molecule has 4 aliphatic rings. The van der Waals surface area contributed by atoms with E-state index in [0.29, 0.717) is 29.9 Å². The Balaban J connectivity index is 1.42. The fraction of sp³-hybridized carbons (Fsp3) is 0.667. The summed E-state index contributed by atoms with van der Waals surface area (Å²) < 4.78 is 28.0. The van der Waals surface area contributed by atoms with Crippen molar-refractivity contribution >= 4 is 27.7 Å². The Morgan fingerprint density at radius 2 is 1.90 bits per heavy atom. The minimum atomic E-state index is -3.54. The first-order valence-corrected chi connectivity index (χ1v) is 13.2. The lowest BCUT2D eigenvalue weighted by Crippen LogP contribution is -2.56. The number of hydrogen-bond acceptors (Lipinski definition) is 6. The molecule has 1 unspecified atom stereocenters. The van der Waals surface area contributed by atoms with Crippen molar-refractivity contribution in [3.63, 3.8) is 0 Å². The first-order valence-electron chi connectivity index (χ1n) is 10.7. The fourth-order valence-electron chi connectivity index (χ4n) is 4.22. The monoisotopic (exact) mass is 436 g/mol. The van der Waals surface area contributed by atoms with Gasteiger partial charge in [-0.25, -0.2) is 12.7 Å². The molecule has 0 bridgehead atoms. The van der Waals surface area contributed by atoms with Gasteiger partial charge in [-0.15, -0.1) is 11.8 Å². The molecule has 3 heterocycles. The number of aliphatic imine (C=N–C) groups is 1. The van der Waals surface area contributed by atoms with Crippen molar-refractivity contribution in [3.8, 4) is 0 Å². The van der Waals surface area contributed by atoms with Crippen molar-refractivity contribution in [2.45, 2.75) is 39.2 Å². The van der Waals surface area contributed by atoms with Crippen LogP contribution in [0.2, 0.25) is 0 Å². The Morgan fingerprint density at radius 3 is 2.52 bits per heavy atom. The van der Waals surface area contributed by atoms with Gasteiger partial charge in [-0.3, -0.25) is 9.89 Å². The summed E-state index contributed by atoms with van der Waals surface area (Å²) in [5.74, 6) is 2.09. The Kier molecular flexibility index (Phi) is 6.41. The molecular formula is C21H32N4O2S2. The van der Waals surface area contributed by atoms with E-state index in [1.165, 1.54) is 29.1 Å². The van der Waals surface area contributed by atoms with Gasteiger partial charge in [-0.05, 0) is 38.2 Å². The van der Waals surface area contributed by atoms with E-state index in [4.69, 9.17) is 0 Å². The number of guanidine groups is 1. The van der Waals surface area contributed by atoms with Crippen LogP contribution in [-0.4, -0.2) is 79.5 Å². The third-order valence-electron chi connectivity index (χ3n) is 6.51. The van der Waals surface area contributed by atoms with E-state index >= 15 is 0 Å². The smallest absolute Gasteiger partial charge is 0.262 e. The van der Waals surface area contributed by atoms with Crippen LogP contribution in [0.25, 0.3) is 0 Å². The maximum atomic E-state index is 13.2. The molecule has 1 atom stereocenters. The molecule has 2 fully saturated rings. The Labute approximate surface area is 179 Å². The molecular weight excluding hydrogens is 404 g/mol. The Bertz CT molecular complexity index is 835. The molecule has 160 valence electrons. The molecule has 0 aromatic heterocycles. The first kappa shape index (κ1) is 21.0. The molecule has 29 heavy (non-hydrogen) atoms. The number of rotatable bonds is 5. The third kappa shape index (κ3) is 4.44. The molecule has 3 aliphatic heterocycles. The molecule has 0 aromatic carbocycles. The molecule has 0 amide bonds. The molecule has 0 N–H and O–H groups in total. The standard InChI is InChI=1S/C21H32N4O2S2/c1-17(19-8-15-28-16-19)6-7-18(2)29(26,27)25-10-9-22-21(25)24-13-11-23(12-14-24)20-4-3-5-20/h6-8,15,19-20H,3-5,9-14,16H2,1-2H3/b17-6+,18-7+. The van der Waals surface area contributed by atoms with E-state index in [2.05, 4.69) is 33.2 Å². The van der Waals surface area contributed by atoms with E-state index in [9.17, 15) is 8.42 Å². The van der Waals surface area contributed by atoms with Gasteiger partial charge >= 0.3 is 0 Å². The minimum Gasteiger partial charge on any atom is -0.339 e.